The van der Waals surface area contributed by atoms with Gasteiger partial charge in [0.15, 0.2) is 0 Å². The zero-order valence-corrected chi connectivity index (χ0v) is 14.4. The number of oxazole rings is 1. The lowest BCUT2D eigenvalue weighted by molar-refractivity contribution is -0.126. The molecule has 1 aromatic carbocycles. The Hall–Kier alpha value is -2.70. The van der Waals surface area contributed by atoms with E-state index in [2.05, 4.69) is 10.3 Å². The average Bonchev–Trinajstić information content (AvgIpc) is 3.11. The smallest absolute Gasteiger partial charge is 0.227 e. The molecule has 0 spiro atoms. The van der Waals surface area contributed by atoms with E-state index in [4.69, 9.17) is 4.42 Å². The number of halogens is 1. The van der Waals surface area contributed by atoms with Gasteiger partial charge in [-0.25, -0.2) is 9.37 Å². The molecule has 0 unspecified atom stereocenters. The Morgan fingerprint density at radius 3 is 2.80 bits per heavy atom. The summed E-state index contributed by atoms with van der Waals surface area (Å²) in [6.45, 7) is 5.76. The zero-order chi connectivity index (χ0) is 18.1. The number of nitrogens with zero attached hydrogens (tertiary/aromatic N) is 2. The lowest BCUT2D eigenvalue weighted by atomic mass is 10.1. The highest BCUT2D eigenvalue weighted by molar-refractivity contribution is 6.00. The molecule has 2 aromatic rings. The molecule has 7 heteroatoms. The van der Waals surface area contributed by atoms with E-state index in [0.717, 1.165) is 11.5 Å². The maximum absolute atomic E-state index is 13.4. The van der Waals surface area contributed by atoms with Gasteiger partial charge in [-0.1, -0.05) is 0 Å². The molecule has 1 aromatic heterocycles. The van der Waals surface area contributed by atoms with Crippen molar-refractivity contribution in [2.45, 2.75) is 33.7 Å². The summed E-state index contributed by atoms with van der Waals surface area (Å²) >= 11 is 0. The van der Waals surface area contributed by atoms with Gasteiger partial charge in [0, 0.05) is 18.7 Å². The largest absolute Gasteiger partial charge is 0.444 e. The van der Waals surface area contributed by atoms with Gasteiger partial charge in [-0.15, -0.1) is 0 Å². The van der Waals surface area contributed by atoms with Crippen LogP contribution in [0.25, 0.3) is 0 Å². The van der Waals surface area contributed by atoms with Crippen molar-refractivity contribution in [1.82, 2.24) is 10.3 Å². The normalized spacial score (nSPS) is 17.2. The van der Waals surface area contributed by atoms with E-state index in [1.54, 1.807) is 19.1 Å². The van der Waals surface area contributed by atoms with Gasteiger partial charge in [0.1, 0.15) is 11.6 Å². The molecule has 1 N–H and O–H groups in total. The van der Waals surface area contributed by atoms with Crippen LogP contribution in [0.3, 0.4) is 0 Å². The number of carbonyl (C=O) groups is 2. The molecule has 1 saturated heterocycles. The van der Waals surface area contributed by atoms with E-state index in [0.29, 0.717) is 17.1 Å². The van der Waals surface area contributed by atoms with Crippen molar-refractivity contribution in [2.24, 2.45) is 5.92 Å². The molecular weight excluding hydrogens is 325 g/mol. The molecule has 1 aliphatic rings. The SMILES string of the molecule is Cc1cc(N2C[C@@H](C(=O)NCc3nc(C)c(C)o3)CC2=O)ccc1F. The fraction of sp³-hybridized carbons (Fsp3) is 0.389. The van der Waals surface area contributed by atoms with Crippen LogP contribution in [0.5, 0.6) is 0 Å². The summed E-state index contributed by atoms with van der Waals surface area (Å²) in [6.07, 6.45) is 0.131. The van der Waals surface area contributed by atoms with Crippen molar-refractivity contribution >= 4 is 17.5 Å². The second kappa shape index (κ2) is 6.66. The van der Waals surface area contributed by atoms with E-state index in [1.165, 1.54) is 11.0 Å². The second-order valence-corrected chi connectivity index (χ2v) is 6.31. The molecule has 132 valence electrons. The summed E-state index contributed by atoms with van der Waals surface area (Å²) in [5, 5.41) is 2.76. The Balaban J connectivity index is 1.63. The lowest BCUT2D eigenvalue weighted by Gasteiger charge is -2.17. The van der Waals surface area contributed by atoms with E-state index >= 15 is 0 Å². The molecule has 1 aliphatic heterocycles. The van der Waals surface area contributed by atoms with Crippen LogP contribution in [0.4, 0.5) is 10.1 Å². The third-order valence-electron chi connectivity index (χ3n) is 4.44. The van der Waals surface area contributed by atoms with Gasteiger partial charge in [-0.2, -0.15) is 0 Å². The van der Waals surface area contributed by atoms with Crippen molar-refractivity contribution in [3.8, 4) is 0 Å². The molecule has 2 amide bonds. The molecular formula is C18H20FN3O3. The van der Waals surface area contributed by atoms with Gasteiger partial charge < -0.3 is 14.6 Å². The number of hydrogen-bond acceptors (Lipinski definition) is 4. The topological polar surface area (TPSA) is 75.4 Å². The number of benzene rings is 1. The molecule has 0 aliphatic carbocycles. The Labute approximate surface area is 145 Å². The minimum atomic E-state index is -0.449. The fourth-order valence-corrected chi connectivity index (χ4v) is 2.85. The Bertz CT molecular complexity index is 811. The lowest BCUT2D eigenvalue weighted by Crippen LogP contribution is -2.32. The summed E-state index contributed by atoms with van der Waals surface area (Å²) in [5.41, 5.74) is 1.86. The zero-order valence-electron chi connectivity index (χ0n) is 14.4. The number of aryl methyl sites for hydroxylation is 3. The van der Waals surface area contributed by atoms with Crippen LogP contribution in [0, 0.1) is 32.5 Å². The first-order valence-corrected chi connectivity index (χ1v) is 8.12. The van der Waals surface area contributed by atoms with Crippen LogP contribution in [-0.2, 0) is 16.1 Å². The minimum absolute atomic E-state index is 0.131. The Morgan fingerprint density at radius 2 is 2.16 bits per heavy atom. The Morgan fingerprint density at radius 1 is 1.40 bits per heavy atom. The first-order chi connectivity index (χ1) is 11.8. The second-order valence-electron chi connectivity index (χ2n) is 6.31. The van der Waals surface area contributed by atoms with E-state index in [9.17, 15) is 14.0 Å². The van der Waals surface area contributed by atoms with Crippen molar-refractivity contribution in [3.05, 3.63) is 46.9 Å². The highest BCUT2D eigenvalue weighted by Gasteiger charge is 2.35. The molecule has 6 nitrogen and oxygen atoms in total. The van der Waals surface area contributed by atoms with E-state index in [-0.39, 0.29) is 37.1 Å². The maximum Gasteiger partial charge on any atom is 0.227 e. The van der Waals surface area contributed by atoms with Gasteiger partial charge >= 0.3 is 0 Å². The molecule has 1 fully saturated rings. The number of rotatable bonds is 4. The van der Waals surface area contributed by atoms with Crippen LogP contribution >= 0.6 is 0 Å². The molecule has 1 atom stereocenters. The van der Waals surface area contributed by atoms with Gasteiger partial charge in [0.25, 0.3) is 0 Å². The van der Waals surface area contributed by atoms with E-state index < -0.39 is 5.92 Å². The molecule has 3 rings (SSSR count). The maximum atomic E-state index is 13.4. The van der Waals surface area contributed by atoms with Crippen LogP contribution in [0.15, 0.2) is 22.6 Å². The third kappa shape index (κ3) is 3.55. The van der Waals surface area contributed by atoms with Crippen LogP contribution in [0.2, 0.25) is 0 Å². The number of anilines is 1. The van der Waals surface area contributed by atoms with Crippen molar-refractivity contribution in [2.75, 3.05) is 11.4 Å². The molecule has 0 bridgehead atoms. The summed E-state index contributed by atoms with van der Waals surface area (Å²) in [7, 11) is 0. The van der Waals surface area contributed by atoms with Crippen molar-refractivity contribution in [1.29, 1.82) is 0 Å². The summed E-state index contributed by atoms with van der Waals surface area (Å²) in [5.74, 6) is 0.0326. The van der Waals surface area contributed by atoms with Gasteiger partial charge in [-0.3, -0.25) is 9.59 Å². The molecule has 25 heavy (non-hydrogen) atoms. The average molecular weight is 345 g/mol. The predicted molar refractivity (Wildman–Crippen MR) is 89.4 cm³/mol. The summed E-state index contributed by atoms with van der Waals surface area (Å²) < 4.78 is 18.8. The standard InChI is InChI=1S/C18H20FN3O3/c1-10-6-14(4-5-15(10)19)22-9-13(7-17(22)23)18(24)20-8-16-21-11(2)12(3)25-16/h4-6,13H,7-9H2,1-3H3,(H,20,24)/t13-/m0/s1. The van der Waals surface area contributed by atoms with Gasteiger partial charge in [0.05, 0.1) is 18.2 Å². The van der Waals surface area contributed by atoms with Crippen LogP contribution in [0.1, 0.15) is 29.3 Å². The quantitative estimate of drug-likeness (QED) is 0.923. The molecule has 0 radical (unpaired) electrons. The highest BCUT2D eigenvalue weighted by atomic mass is 19.1. The van der Waals surface area contributed by atoms with Crippen molar-refractivity contribution < 1.29 is 18.4 Å². The summed E-state index contributed by atoms with van der Waals surface area (Å²) in [6, 6.07) is 4.50. The van der Waals surface area contributed by atoms with Crippen LogP contribution < -0.4 is 10.2 Å². The Kier molecular flexibility index (Phi) is 4.57. The van der Waals surface area contributed by atoms with Gasteiger partial charge in [-0.05, 0) is 44.5 Å². The van der Waals surface area contributed by atoms with Crippen LogP contribution in [-0.4, -0.2) is 23.3 Å². The van der Waals surface area contributed by atoms with Crippen molar-refractivity contribution in [3.63, 3.8) is 0 Å². The fourth-order valence-electron chi connectivity index (χ4n) is 2.85. The van der Waals surface area contributed by atoms with E-state index in [1.807, 2.05) is 13.8 Å². The third-order valence-corrected chi connectivity index (χ3v) is 4.44. The predicted octanol–water partition coefficient (Wildman–Crippen LogP) is 2.41. The molecule has 2 heterocycles. The highest BCUT2D eigenvalue weighted by Crippen LogP contribution is 2.26. The summed E-state index contributed by atoms with van der Waals surface area (Å²) in [4.78, 5) is 30.3. The molecule has 0 saturated carbocycles. The number of hydrogen-bond donors (Lipinski definition) is 1. The first-order valence-electron chi connectivity index (χ1n) is 8.12. The number of aromatic nitrogens is 1. The van der Waals surface area contributed by atoms with Gasteiger partial charge in [0.2, 0.25) is 17.7 Å². The minimum Gasteiger partial charge on any atom is -0.444 e. The first kappa shape index (κ1) is 17.1. The number of nitrogens with one attached hydrogen (secondary N) is 1. The number of carbonyl (C=O) groups excluding carboxylic acids is 2. The number of amides is 2. The monoisotopic (exact) mass is 345 g/mol.